The molecule has 5 rings (SSSR count). The zero-order chi connectivity index (χ0) is 22.8. The maximum absolute atomic E-state index is 7.28. The van der Waals surface area contributed by atoms with Gasteiger partial charge in [-0.05, 0) is 34.4 Å². The molecule has 0 heterocycles. The van der Waals surface area contributed by atoms with Crippen molar-refractivity contribution in [1.82, 2.24) is 0 Å². The van der Waals surface area contributed by atoms with Crippen molar-refractivity contribution in [3.63, 3.8) is 0 Å². The number of hydrogen-bond acceptors (Lipinski definition) is 2. The highest BCUT2D eigenvalue weighted by atomic mass is 32.2. The molecule has 3 heteroatoms. The molecule has 0 aromatic heterocycles. The fraction of sp³-hybridized carbons (Fsp3) is 0.333. The van der Waals surface area contributed by atoms with Crippen molar-refractivity contribution in [3.8, 4) is 0 Å². The van der Waals surface area contributed by atoms with Gasteiger partial charge in [0, 0.05) is 20.6 Å². The van der Waals surface area contributed by atoms with Gasteiger partial charge in [0.15, 0.2) is 0 Å². The van der Waals surface area contributed by atoms with Gasteiger partial charge in [-0.1, -0.05) is 119 Å². The maximum atomic E-state index is 7.28. The first-order valence-electron chi connectivity index (χ1n) is 12.1. The molecule has 1 nitrogen and oxygen atoms in total. The molecule has 170 valence electrons. The van der Waals surface area contributed by atoms with Gasteiger partial charge in [0.25, 0.3) is 0 Å². The van der Waals surface area contributed by atoms with E-state index in [0.29, 0.717) is 5.25 Å². The molecule has 0 N–H and O–H groups in total. The van der Waals surface area contributed by atoms with Gasteiger partial charge in [-0.3, -0.25) is 0 Å². The van der Waals surface area contributed by atoms with Crippen LogP contribution in [0.2, 0.25) is 0 Å². The molecular weight excluding hydrogens is 439 g/mol. The normalized spacial score (nSPS) is 19.4. The Morgan fingerprint density at radius 2 is 1.21 bits per heavy atom. The predicted molar refractivity (Wildman–Crippen MR) is 149 cm³/mol. The summed E-state index contributed by atoms with van der Waals surface area (Å²) < 4.78 is 7.52. The third kappa shape index (κ3) is 5.14. The summed E-state index contributed by atoms with van der Waals surface area (Å²) in [4.78, 5) is 0. The second kappa shape index (κ2) is 9.79. The van der Waals surface area contributed by atoms with E-state index in [0.717, 1.165) is 6.42 Å². The minimum atomic E-state index is -0.955. The number of thioether (sulfide) groups is 1. The molecule has 4 aromatic carbocycles. The predicted octanol–water partition coefficient (Wildman–Crippen LogP) is 8.20. The molecule has 0 amide bonds. The van der Waals surface area contributed by atoms with Crippen LogP contribution >= 0.6 is 19.9 Å². The second-order valence-corrected chi connectivity index (χ2v) is 13.8. The molecule has 33 heavy (non-hydrogen) atoms. The molecule has 4 aromatic rings. The summed E-state index contributed by atoms with van der Waals surface area (Å²) in [6.45, 7) is 7.00. The highest BCUT2D eigenvalue weighted by Gasteiger charge is 2.33. The smallest absolute Gasteiger partial charge is 0.0934 e. The number of hydrogen-bond donors (Lipinski definition) is 0. The number of benzene rings is 4. The van der Waals surface area contributed by atoms with E-state index in [2.05, 4.69) is 117 Å². The van der Waals surface area contributed by atoms with Crippen LogP contribution in [-0.2, 0) is 4.52 Å². The van der Waals surface area contributed by atoms with E-state index in [1.807, 2.05) is 0 Å². The highest BCUT2D eigenvalue weighted by Crippen LogP contribution is 2.46. The molecule has 1 aliphatic rings. The van der Waals surface area contributed by atoms with Gasteiger partial charge in [-0.15, -0.1) is 11.8 Å². The molecule has 0 bridgehead atoms. The summed E-state index contributed by atoms with van der Waals surface area (Å²) in [6.07, 6.45) is 5.27. The Balaban J connectivity index is 1.63. The van der Waals surface area contributed by atoms with E-state index in [-0.39, 0.29) is 10.9 Å². The van der Waals surface area contributed by atoms with Crippen molar-refractivity contribution in [2.45, 2.75) is 62.6 Å². The van der Waals surface area contributed by atoms with Gasteiger partial charge in [-0.25, -0.2) is 0 Å². The summed E-state index contributed by atoms with van der Waals surface area (Å²) in [5.41, 5.74) is 0. The number of fused-ring (bicyclic) bond motifs is 2. The molecule has 1 saturated carbocycles. The van der Waals surface area contributed by atoms with Crippen LogP contribution in [0.5, 0.6) is 0 Å². The van der Waals surface area contributed by atoms with E-state index in [4.69, 9.17) is 4.52 Å². The largest absolute Gasteiger partial charge is 0.345 e. The fourth-order valence-electron chi connectivity index (χ4n) is 4.92. The van der Waals surface area contributed by atoms with E-state index in [1.165, 1.54) is 51.4 Å². The maximum Gasteiger partial charge on any atom is 0.0934 e. The van der Waals surface area contributed by atoms with E-state index >= 15 is 0 Å². The first kappa shape index (κ1) is 22.9. The topological polar surface area (TPSA) is 9.23 Å². The van der Waals surface area contributed by atoms with Gasteiger partial charge in [0.2, 0.25) is 0 Å². The van der Waals surface area contributed by atoms with Crippen molar-refractivity contribution in [1.29, 1.82) is 0 Å². The van der Waals surface area contributed by atoms with Crippen LogP contribution in [0.15, 0.2) is 84.9 Å². The lowest BCUT2D eigenvalue weighted by atomic mass is 9.97. The molecule has 1 aliphatic carbocycles. The first-order valence-corrected chi connectivity index (χ1v) is 14.2. The molecule has 2 atom stereocenters. The Morgan fingerprint density at radius 1 is 0.697 bits per heavy atom. The van der Waals surface area contributed by atoms with Crippen molar-refractivity contribution >= 4 is 52.1 Å². The summed E-state index contributed by atoms with van der Waals surface area (Å²) in [5.74, 6) is 0. The third-order valence-corrected chi connectivity index (χ3v) is 10.0. The van der Waals surface area contributed by atoms with E-state index in [1.54, 1.807) is 0 Å². The summed E-state index contributed by atoms with van der Waals surface area (Å²) >= 11 is 2.11. The first-order chi connectivity index (χ1) is 16.0. The molecule has 0 radical (unpaired) electrons. The third-order valence-electron chi connectivity index (χ3n) is 6.36. The lowest BCUT2D eigenvalue weighted by molar-refractivity contribution is 0.184. The van der Waals surface area contributed by atoms with Gasteiger partial charge in [0.1, 0.15) is 0 Å². The Morgan fingerprint density at radius 3 is 1.79 bits per heavy atom. The summed E-state index contributed by atoms with van der Waals surface area (Å²) in [6, 6.07) is 30.9. The summed E-state index contributed by atoms with van der Waals surface area (Å²) in [5, 5.41) is 8.43. The average Bonchev–Trinajstić information content (AvgIpc) is 2.82. The molecular formula is C30H33OPS. The monoisotopic (exact) mass is 472 g/mol. The zero-order valence-corrected chi connectivity index (χ0v) is 21.5. The van der Waals surface area contributed by atoms with Crippen molar-refractivity contribution in [2.75, 3.05) is 0 Å². The second-order valence-electron chi connectivity index (χ2n) is 9.99. The van der Waals surface area contributed by atoms with Crippen LogP contribution in [0.1, 0.15) is 46.5 Å². The quantitative estimate of drug-likeness (QED) is 0.271. The van der Waals surface area contributed by atoms with Gasteiger partial charge in [-0.2, -0.15) is 0 Å². The minimum Gasteiger partial charge on any atom is -0.345 e. The van der Waals surface area contributed by atoms with Crippen LogP contribution in [-0.4, -0.2) is 16.1 Å². The highest BCUT2D eigenvalue weighted by molar-refractivity contribution is 8.01. The molecule has 0 spiro atoms. The van der Waals surface area contributed by atoms with E-state index < -0.39 is 8.15 Å². The molecule has 1 fully saturated rings. The lowest BCUT2D eigenvalue weighted by Crippen LogP contribution is -2.34. The van der Waals surface area contributed by atoms with Gasteiger partial charge >= 0.3 is 0 Å². The van der Waals surface area contributed by atoms with Gasteiger partial charge < -0.3 is 4.52 Å². The van der Waals surface area contributed by atoms with Crippen molar-refractivity contribution in [2.24, 2.45) is 0 Å². The Labute approximate surface area is 203 Å². The Bertz CT molecular complexity index is 1150. The molecule has 0 saturated heterocycles. The minimum absolute atomic E-state index is 0.241. The van der Waals surface area contributed by atoms with Crippen molar-refractivity contribution in [3.05, 3.63) is 84.9 Å². The standard InChI is InChI=1S/C30H33OPS/c1-30(2,3)33-29-21-9-8-18-26(29)31-32(27-19-10-14-22-12-4-6-16-24(22)27)28-20-11-15-23-13-5-7-17-25(23)28/h4-7,10-17,19-20,26,29H,8-9,18,21H2,1-3H3/t26-,29-/m1/s1. The summed E-state index contributed by atoms with van der Waals surface area (Å²) in [7, 11) is -0.955. The van der Waals surface area contributed by atoms with Crippen LogP contribution in [0, 0.1) is 0 Å². The van der Waals surface area contributed by atoms with E-state index in [9.17, 15) is 0 Å². The van der Waals surface area contributed by atoms with Crippen LogP contribution in [0.25, 0.3) is 21.5 Å². The lowest BCUT2D eigenvalue weighted by Gasteiger charge is -2.37. The fourth-order valence-corrected chi connectivity index (χ4v) is 8.84. The Kier molecular flexibility index (Phi) is 6.79. The van der Waals surface area contributed by atoms with Crippen LogP contribution in [0.3, 0.4) is 0 Å². The SMILES string of the molecule is CC(C)(C)S[C@@H]1CCCC[C@H]1OP(c1cccc2ccccc12)c1cccc2ccccc12. The molecule has 0 unspecified atom stereocenters. The van der Waals surface area contributed by atoms with Gasteiger partial charge in [0.05, 0.1) is 14.3 Å². The average molecular weight is 473 g/mol. The van der Waals surface area contributed by atoms with Crippen molar-refractivity contribution < 1.29 is 4.52 Å². The van der Waals surface area contributed by atoms with Crippen LogP contribution in [0.4, 0.5) is 0 Å². The Hall–Kier alpha value is -1.86. The molecule has 0 aliphatic heterocycles. The number of rotatable bonds is 5. The zero-order valence-electron chi connectivity index (χ0n) is 19.8. The van der Waals surface area contributed by atoms with Crippen LogP contribution < -0.4 is 10.6 Å².